The smallest absolute Gasteiger partial charge is 0.410 e. The van der Waals surface area contributed by atoms with Crippen LogP contribution in [0.15, 0.2) is 48.7 Å². The van der Waals surface area contributed by atoms with Crippen molar-refractivity contribution >= 4 is 35.0 Å². The van der Waals surface area contributed by atoms with E-state index in [-0.39, 0.29) is 18.0 Å². The average Bonchev–Trinajstić information content (AvgIpc) is 3.59. The standard InChI is InChI=1S/C28H32ClN5O4/c1-28(2,3)38-27(36)31(4)22-12-13-32(17-22)23-11-10-21(14-24(23)37-5)33-15-18-16-34(30-25(18)26(33)35)20-8-6-19(29)7-9-20/h6-11,14,16,22H,12-13,15,17H2,1-5H3/t22-/m0/s1. The highest BCUT2D eigenvalue weighted by atomic mass is 35.5. The number of nitrogens with zero attached hydrogens (tertiary/aromatic N) is 5. The van der Waals surface area contributed by atoms with Crippen molar-refractivity contribution in [3.8, 4) is 11.4 Å². The Hall–Kier alpha value is -3.72. The summed E-state index contributed by atoms with van der Waals surface area (Å²) < 4.78 is 13.0. The van der Waals surface area contributed by atoms with E-state index in [4.69, 9.17) is 21.1 Å². The maximum atomic E-state index is 13.2. The molecule has 38 heavy (non-hydrogen) atoms. The number of halogens is 1. The lowest BCUT2D eigenvalue weighted by atomic mass is 10.2. The molecule has 9 nitrogen and oxygen atoms in total. The van der Waals surface area contributed by atoms with Crippen molar-refractivity contribution in [2.24, 2.45) is 0 Å². The summed E-state index contributed by atoms with van der Waals surface area (Å²) in [5, 5.41) is 5.18. The monoisotopic (exact) mass is 537 g/mol. The Morgan fingerprint density at radius 2 is 1.84 bits per heavy atom. The average molecular weight is 538 g/mol. The first kappa shape index (κ1) is 25.9. The molecule has 1 atom stereocenters. The molecule has 3 aromatic rings. The molecule has 3 heterocycles. The van der Waals surface area contributed by atoms with Gasteiger partial charge >= 0.3 is 6.09 Å². The molecule has 5 rings (SSSR count). The summed E-state index contributed by atoms with van der Waals surface area (Å²) in [6.45, 7) is 7.46. The van der Waals surface area contributed by atoms with Crippen LogP contribution in [0.25, 0.3) is 5.69 Å². The van der Waals surface area contributed by atoms with Crippen LogP contribution < -0.4 is 14.5 Å². The van der Waals surface area contributed by atoms with Crippen LogP contribution in [0.3, 0.4) is 0 Å². The summed E-state index contributed by atoms with van der Waals surface area (Å²) in [6, 6.07) is 13.1. The fourth-order valence-corrected chi connectivity index (χ4v) is 4.99. The first-order valence-corrected chi connectivity index (χ1v) is 13.0. The minimum atomic E-state index is -0.538. The number of ether oxygens (including phenoxy) is 2. The van der Waals surface area contributed by atoms with Gasteiger partial charge in [-0.3, -0.25) is 4.79 Å². The van der Waals surface area contributed by atoms with Crippen molar-refractivity contribution in [1.82, 2.24) is 14.7 Å². The molecular formula is C28H32ClN5O4. The van der Waals surface area contributed by atoms with E-state index in [1.54, 1.807) is 40.8 Å². The van der Waals surface area contributed by atoms with Crippen molar-refractivity contribution in [3.63, 3.8) is 0 Å². The second kappa shape index (κ2) is 9.87. The third kappa shape index (κ3) is 5.03. The van der Waals surface area contributed by atoms with E-state index in [0.717, 1.165) is 35.6 Å². The van der Waals surface area contributed by atoms with Gasteiger partial charge in [-0.25, -0.2) is 9.48 Å². The number of methoxy groups -OCH3 is 1. The van der Waals surface area contributed by atoms with Gasteiger partial charge < -0.3 is 24.2 Å². The molecule has 0 saturated carbocycles. The highest BCUT2D eigenvalue weighted by molar-refractivity contribution is 6.30. The number of hydrogen-bond acceptors (Lipinski definition) is 6. The van der Waals surface area contributed by atoms with Crippen molar-refractivity contribution in [2.75, 3.05) is 37.0 Å². The second-order valence-corrected chi connectivity index (χ2v) is 11.1. The SMILES string of the molecule is COc1cc(N2Cc3cn(-c4ccc(Cl)cc4)nc3C2=O)ccc1N1CC[C@H](N(C)C(=O)OC(C)(C)C)C1. The molecule has 1 fully saturated rings. The highest BCUT2D eigenvalue weighted by Crippen LogP contribution is 2.37. The van der Waals surface area contributed by atoms with Crippen molar-refractivity contribution in [2.45, 2.75) is 45.4 Å². The predicted octanol–water partition coefficient (Wildman–Crippen LogP) is 5.14. The van der Waals surface area contributed by atoms with Gasteiger partial charge in [0.1, 0.15) is 11.4 Å². The summed E-state index contributed by atoms with van der Waals surface area (Å²) in [4.78, 5) is 31.4. The van der Waals surface area contributed by atoms with Crippen LogP contribution in [0, 0.1) is 0 Å². The summed E-state index contributed by atoms with van der Waals surface area (Å²) >= 11 is 5.99. The molecule has 1 aromatic heterocycles. The number of likely N-dealkylation sites (N-methyl/N-ethyl adjacent to an activating group) is 1. The Kier molecular flexibility index (Phi) is 6.73. The van der Waals surface area contributed by atoms with Gasteiger partial charge in [-0.1, -0.05) is 11.6 Å². The molecule has 2 aliphatic heterocycles. The largest absolute Gasteiger partial charge is 0.495 e. The predicted molar refractivity (Wildman–Crippen MR) is 147 cm³/mol. The molecule has 200 valence electrons. The molecule has 0 unspecified atom stereocenters. The zero-order valence-electron chi connectivity index (χ0n) is 22.3. The lowest BCUT2D eigenvalue weighted by molar-refractivity contribution is 0.0238. The van der Waals surface area contributed by atoms with E-state index in [1.165, 1.54) is 0 Å². The van der Waals surface area contributed by atoms with Crippen molar-refractivity contribution in [3.05, 3.63) is 64.9 Å². The summed E-state index contributed by atoms with van der Waals surface area (Å²) in [7, 11) is 3.41. The molecule has 1 saturated heterocycles. The fourth-order valence-electron chi connectivity index (χ4n) is 4.87. The number of amides is 2. The lowest BCUT2D eigenvalue weighted by Crippen LogP contribution is -2.42. The first-order valence-electron chi connectivity index (χ1n) is 12.6. The van der Waals surface area contributed by atoms with Gasteiger partial charge in [-0.05, 0) is 63.6 Å². The minimum absolute atomic E-state index is 0.0299. The number of rotatable bonds is 5. The molecule has 0 bridgehead atoms. The molecule has 0 N–H and O–H groups in total. The third-order valence-electron chi connectivity index (χ3n) is 6.87. The van der Waals surface area contributed by atoms with Crippen LogP contribution >= 0.6 is 11.6 Å². The molecule has 2 amide bonds. The summed E-state index contributed by atoms with van der Waals surface area (Å²) in [5.41, 5.74) is 3.28. The van der Waals surface area contributed by atoms with Crippen LogP contribution in [0.4, 0.5) is 16.2 Å². The minimum Gasteiger partial charge on any atom is -0.495 e. The Bertz CT molecular complexity index is 1360. The number of fused-ring (bicyclic) bond motifs is 1. The van der Waals surface area contributed by atoms with E-state index >= 15 is 0 Å². The Labute approximate surface area is 227 Å². The summed E-state index contributed by atoms with van der Waals surface area (Å²) in [5.74, 6) is 0.523. The molecule has 0 spiro atoms. The number of carbonyl (C=O) groups is 2. The number of anilines is 2. The van der Waals surface area contributed by atoms with Gasteiger partial charge in [0, 0.05) is 48.7 Å². The number of aromatic nitrogens is 2. The quantitative estimate of drug-likeness (QED) is 0.448. The van der Waals surface area contributed by atoms with Crippen LogP contribution in [-0.4, -0.2) is 65.6 Å². The molecule has 10 heteroatoms. The van der Waals surface area contributed by atoms with E-state index in [1.807, 2.05) is 57.3 Å². The lowest BCUT2D eigenvalue weighted by Gasteiger charge is -2.29. The zero-order valence-corrected chi connectivity index (χ0v) is 23.0. The van der Waals surface area contributed by atoms with Crippen LogP contribution in [0.2, 0.25) is 5.02 Å². The van der Waals surface area contributed by atoms with Crippen molar-refractivity contribution in [1.29, 1.82) is 0 Å². The van der Waals surface area contributed by atoms with E-state index < -0.39 is 5.60 Å². The van der Waals surface area contributed by atoms with Gasteiger partial charge in [-0.15, -0.1) is 0 Å². The van der Waals surface area contributed by atoms with Crippen LogP contribution in [0.5, 0.6) is 5.75 Å². The van der Waals surface area contributed by atoms with E-state index in [0.29, 0.717) is 29.6 Å². The number of hydrogen-bond donors (Lipinski definition) is 0. The zero-order chi connectivity index (χ0) is 27.2. The van der Waals surface area contributed by atoms with E-state index in [9.17, 15) is 9.59 Å². The number of benzene rings is 2. The number of carbonyl (C=O) groups excluding carboxylic acids is 2. The second-order valence-electron chi connectivity index (χ2n) is 10.7. The Morgan fingerprint density at radius 1 is 1.13 bits per heavy atom. The molecule has 2 aliphatic rings. The van der Waals surface area contributed by atoms with Crippen molar-refractivity contribution < 1.29 is 19.1 Å². The van der Waals surface area contributed by atoms with Gasteiger partial charge in [0.15, 0.2) is 5.69 Å². The molecule has 0 radical (unpaired) electrons. The maximum Gasteiger partial charge on any atom is 0.410 e. The highest BCUT2D eigenvalue weighted by Gasteiger charge is 2.34. The topological polar surface area (TPSA) is 80.1 Å². The van der Waals surface area contributed by atoms with Gasteiger partial charge in [0.2, 0.25) is 0 Å². The van der Waals surface area contributed by atoms with Gasteiger partial charge in [0.25, 0.3) is 5.91 Å². The third-order valence-corrected chi connectivity index (χ3v) is 7.12. The van der Waals surface area contributed by atoms with Crippen LogP contribution in [0.1, 0.15) is 43.2 Å². The van der Waals surface area contributed by atoms with Gasteiger partial charge in [-0.2, -0.15) is 5.10 Å². The normalized spacial score (nSPS) is 17.1. The van der Waals surface area contributed by atoms with E-state index in [2.05, 4.69) is 10.00 Å². The maximum absolute atomic E-state index is 13.2. The Balaban J connectivity index is 1.29. The fraction of sp³-hybridized carbons (Fsp3) is 0.393. The van der Waals surface area contributed by atoms with Gasteiger partial charge in [0.05, 0.1) is 31.1 Å². The molecular weight excluding hydrogens is 506 g/mol. The summed E-state index contributed by atoms with van der Waals surface area (Å²) in [6.07, 6.45) is 2.38. The first-order chi connectivity index (χ1) is 18.0. The molecule has 0 aliphatic carbocycles. The van der Waals surface area contributed by atoms with Crippen LogP contribution in [-0.2, 0) is 11.3 Å². The molecule has 2 aromatic carbocycles. The Morgan fingerprint density at radius 3 is 2.50 bits per heavy atom.